The van der Waals surface area contributed by atoms with E-state index in [4.69, 9.17) is 4.74 Å². The third-order valence-corrected chi connectivity index (χ3v) is 7.89. The summed E-state index contributed by atoms with van der Waals surface area (Å²) in [5.41, 5.74) is 0. The Morgan fingerprint density at radius 3 is 2.55 bits per heavy atom. The molecule has 0 unspecified atom stereocenters. The summed E-state index contributed by atoms with van der Waals surface area (Å²) in [6.07, 6.45) is 1.34. The second-order valence-corrected chi connectivity index (χ2v) is 9.92. The maximum atomic E-state index is 12.5. The van der Waals surface area contributed by atoms with Crippen molar-refractivity contribution in [3.8, 4) is 0 Å². The van der Waals surface area contributed by atoms with Crippen molar-refractivity contribution in [2.75, 3.05) is 32.8 Å². The normalized spacial score (nSPS) is 23.9. The summed E-state index contributed by atoms with van der Waals surface area (Å²) in [5, 5.41) is 0. The first-order valence-corrected chi connectivity index (χ1v) is 10.2. The molecule has 2 aliphatic rings. The van der Waals surface area contributed by atoms with E-state index in [-0.39, 0.29) is 12.0 Å². The van der Waals surface area contributed by atoms with Gasteiger partial charge in [-0.15, -0.1) is 11.3 Å². The number of rotatable bonds is 3. The van der Waals surface area contributed by atoms with Gasteiger partial charge >= 0.3 is 0 Å². The van der Waals surface area contributed by atoms with Gasteiger partial charge in [-0.3, -0.25) is 4.79 Å². The number of hydrogen-bond donors (Lipinski definition) is 0. The van der Waals surface area contributed by atoms with Crippen LogP contribution in [0.4, 0.5) is 0 Å². The molecule has 1 aromatic rings. The van der Waals surface area contributed by atoms with Crippen LogP contribution in [0.3, 0.4) is 0 Å². The Balaban J connectivity index is 1.63. The minimum Gasteiger partial charge on any atom is -0.368 e. The van der Waals surface area contributed by atoms with Crippen LogP contribution in [0.15, 0.2) is 20.1 Å². The average Bonchev–Trinajstić information content (AvgIpc) is 3.18. The van der Waals surface area contributed by atoms with Gasteiger partial charge in [-0.2, -0.15) is 4.31 Å². The van der Waals surface area contributed by atoms with Crippen LogP contribution < -0.4 is 0 Å². The number of hydrogen-bond acceptors (Lipinski definition) is 5. The highest BCUT2D eigenvalue weighted by atomic mass is 79.9. The van der Waals surface area contributed by atoms with Gasteiger partial charge in [0.25, 0.3) is 15.9 Å². The fourth-order valence-electron chi connectivity index (χ4n) is 2.69. The highest BCUT2D eigenvalue weighted by molar-refractivity contribution is 9.11. The lowest BCUT2D eigenvalue weighted by Gasteiger charge is -2.34. The fourth-order valence-corrected chi connectivity index (χ4v) is 6.27. The molecule has 22 heavy (non-hydrogen) atoms. The molecule has 2 saturated heterocycles. The Morgan fingerprint density at radius 2 is 2.00 bits per heavy atom. The minimum absolute atomic E-state index is 0.00610. The molecule has 1 amide bonds. The maximum absolute atomic E-state index is 12.5. The quantitative estimate of drug-likeness (QED) is 0.760. The van der Waals surface area contributed by atoms with Crippen LogP contribution in [0.2, 0.25) is 0 Å². The SMILES string of the molecule is O=C([C@@H]1CCCO1)N1CCN(S(=O)(=O)c2ccc(Br)s2)CC1. The Kier molecular flexibility index (Phi) is 4.89. The van der Waals surface area contributed by atoms with Crippen molar-refractivity contribution in [3.63, 3.8) is 0 Å². The van der Waals surface area contributed by atoms with Gasteiger partial charge in [-0.1, -0.05) is 0 Å². The van der Waals surface area contributed by atoms with Gasteiger partial charge in [0.05, 0.1) is 3.79 Å². The molecule has 3 heterocycles. The Labute approximate surface area is 142 Å². The molecular formula is C13H17BrN2O4S2. The Hall–Kier alpha value is -0.480. The van der Waals surface area contributed by atoms with E-state index in [0.29, 0.717) is 37.0 Å². The van der Waals surface area contributed by atoms with Crippen molar-refractivity contribution in [1.82, 2.24) is 9.21 Å². The lowest BCUT2D eigenvalue weighted by atomic mass is 10.2. The van der Waals surface area contributed by atoms with Gasteiger partial charge in [0.2, 0.25) is 0 Å². The van der Waals surface area contributed by atoms with E-state index >= 15 is 0 Å². The van der Waals surface area contributed by atoms with Gasteiger partial charge in [0.15, 0.2) is 0 Å². The molecule has 0 aliphatic carbocycles. The van der Waals surface area contributed by atoms with Crippen molar-refractivity contribution in [1.29, 1.82) is 0 Å². The zero-order chi connectivity index (χ0) is 15.7. The topological polar surface area (TPSA) is 66.9 Å². The zero-order valence-corrected chi connectivity index (χ0v) is 15.1. The smallest absolute Gasteiger partial charge is 0.252 e. The second-order valence-electron chi connectivity index (χ2n) is 5.29. The molecule has 1 aromatic heterocycles. The first kappa shape index (κ1) is 16.4. The van der Waals surface area contributed by atoms with Gasteiger partial charge in [-0.05, 0) is 40.9 Å². The minimum atomic E-state index is -3.46. The average molecular weight is 409 g/mol. The molecular weight excluding hydrogens is 392 g/mol. The number of halogens is 1. The molecule has 1 atom stereocenters. The van der Waals surface area contributed by atoms with Crippen LogP contribution in [0, 0.1) is 0 Å². The Bertz CT molecular complexity index is 647. The number of carbonyl (C=O) groups is 1. The number of carbonyl (C=O) groups excluding carboxylic acids is 1. The number of nitrogens with zero attached hydrogens (tertiary/aromatic N) is 2. The summed E-state index contributed by atoms with van der Waals surface area (Å²) in [7, 11) is -3.46. The molecule has 6 nitrogen and oxygen atoms in total. The molecule has 0 saturated carbocycles. The first-order valence-electron chi connectivity index (χ1n) is 7.14. The van der Waals surface area contributed by atoms with Crippen LogP contribution in [0.5, 0.6) is 0 Å². The molecule has 0 radical (unpaired) electrons. The van der Waals surface area contributed by atoms with E-state index in [1.165, 1.54) is 15.6 Å². The molecule has 0 spiro atoms. The van der Waals surface area contributed by atoms with E-state index in [2.05, 4.69) is 15.9 Å². The number of ether oxygens (including phenoxy) is 1. The van der Waals surface area contributed by atoms with E-state index in [1.54, 1.807) is 17.0 Å². The second kappa shape index (κ2) is 6.56. The number of amides is 1. The van der Waals surface area contributed by atoms with Crippen LogP contribution in [-0.4, -0.2) is 62.4 Å². The van der Waals surface area contributed by atoms with Gasteiger partial charge in [0.1, 0.15) is 10.3 Å². The van der Waals surface area contributed by atoms with Crippen LogP contribution in [-0.2, 0) is 19.6 Å². The fraction of sp³-hybridized carbons (Fsp3) is 0.615. The molecule has 122 valence electrons. The third kappa shape index (κ3) is 3.23. The van der Waals surface area contributed by atoms with Crippen molar-refractivity contribution < 1.29 is 17.9 Å². The molecule has 9 heteroatoms. The number of thiophene rings is 1. The third-order valence-electron chi connectivity index (χ3n) is 3.90. The van der Waals surface area contributed by atoms with Crippen molar-refractivity contribution >= 4 is 43.2 Å². The van der Waals surface area contributed by atoms with E-state index < -0.39 is 10.0 Å². The standard InChI is InChI=1S/C13H17BrN2O4S2/c14-11-3-4-12(21-11)22(18,19)16-7-5-15(6-8-16)13(17)10-2-1-9-20-10/h3-4,10H,1-2,5-9H2/t10-/m0/s1. The number of piperazine rings is 1. The largest absolute Gasteiger partial charge is 0.368 e. The summed E-state index contributed by atoms with van der Waals surface area (Å²) in [4.78, 5) is 14.0. The zero-order valence-electron chi connectivity index (χ0n) is 11.9. The molecule has 3 rings (SSSR count). The summed E-state index contributed by atoms with van der Waals surface area (Å²) < 4.78 is 33.0. The molecule has 0 bridgehead atoms. The predicted octanol–water partition coefficient (Wildman–Crippen LogP) is 1.52. The summed E-state index contributed by atoms with van der Waals surface area (Å²) in [6.45, 7) is 2.14. The lowest BCUT2D eigenvalue weighted by Crippen LogP contribution is -2.52. The van der Waals surface area contributed by atoms with Gasteiger partial charge in [0, 0.05) is 32.8 Å². The molecule has 0 aromatic carbocycles. The van der Waals surface area contributed by atoms with Gasteiger partial charge < -0.3 is 9.64 Å². The van der Waals surface area contributed by atoms with E-state index in [9.17, 15) is 13.2 Å². The van der Waals surface area contributed by atoms with Crippen molar-refractivity contribution in [3.05, 3.63) is 15.9 Å². The summed E-state index contributed by atoms with van der Waals surface area (Å²) in [6, 6.07) is 3.34. The highest BCUT2D eigenvalue weighted by Crippen LogP contribution is 2.29. The summed E-state index contributed by atoms with van der Waals surface area (Å²) >= 11 is 4.49. The van der Waals surface area contributed by atoms with E-state index in [1.807, 2.05) is 0 Å². The molecule has 0 N–H and O–H groups in total. The van der Waals surface area contributed by atoms with Crippen molar-refractivity contribution in [2.45, 2.75) is 23.2 Å². The summed E-state index contributed by atoms with van der Waals surface area (Å²) in [5.74, 6) is -0.00610. The monoisotopic (exact) mass is 408 g/mol. The predicted molar refractivity (Wildman–Crippen MR) is 86.3 cm³/mol. The maximum Gasteiger partial charge on any atom is 0.252 e. The van der Waals surface area contributed by atoms with Crippen molar-refractivity contribution in [2.24, 2.45) is 0 Å². The number of sulfonamides is 1. The van der Waals surface area contributed by atoms with E-state index in [0.717, 1.165) is 16.6 Å². The van der Waals surface area contributed by atoms with Crippen LogP contribution >= 0.6 is 27.3 Å². The molecule has 2 aliphatic heterocycles. The first-order chi connectivity index (χ1) is 10.5. The highest BCUT2D eigenvalue weighted by Gasteiger charge is 2.34. The molecule has 2 fully saturated rings. The Morgan fingerprint density at radius 1 is 1.27 bits per heavy atom. The van der Waals surface area contributed by atoms with Gasteiger partial charge in [-0.25, -0.2) is 8.42 Å². The lowest BCUT2D eigenvalue weighted by molar-refractivity contribution is -0.142. The van der Waals surface area contributed by atoms with Crippen LogP contribution in [0.1, 0.15) is 12.8 Å². The van der Waals surface area contributed by atoms with Crippen LogP contribution in [0.25, 0.3) is 0 Å².